The molecule has 2 aliphatic heterocycles. The number of likely N-dealkylation sites (tertiary alicyclic amines) is 1. The smallest absolute Gasteiger partial charge is 0.294 e. The Morgan fingerprint density at radius 2 is 1.53 bits per heavy atom. The highest BCUT2D eigenvalue weighted by Gasteiger charge is 2.37. The summed E-state index contributed by atoms with van der Waals surface area (Å²) < 4.78 is 8.70. The summed E-state index contributed by atoms with van der Waals surface area (Å²) in [5.74, 6) is -0.0886. The number of likely N-dealkylation sites (N-methyl/N-ethyl adjacent to an activating group) is 1. The zero-order valence-corrected chi connectivity index (χ0v) is 19.5. The van der Waals surface area contributed by atoms with Crippen LogP contribution in [0.5, 0.6) is 0 Å². The van der Waals surface area contributed by atoms with Gasteiger partial charge in [0.05, 0.1) is 5.25 Å². The van der Waals surface area contributed by atoms with E-state index in [9.17, 15) is 28.8 Å². The van der Waals surface area contributed by atoms with Crippen LogP contribution in [-0.4, -0.2) is 88.7 Å². The molecule has 1 fully saturated rings. The van der Waals surface area contributed by atoms with Gasteiger partial charge in [-0.25, -0.2) is 0 Å². The molecule has 3 unspecified atom stereocenters. The molecule has 2 aliphatic rings. The van der Waals surface area contributed by atoms with Crippen LogP contribution in [0.25, 0.3) is 0 Å². The second-order valence-electron chi connectivity index (χ2n) is 5.98. The van der Waals surface area contributed by atoms with Gasteiger partial charge in [-0.2, -0.15) is 12.6 Å². The molecule has 0 aromatic heterocycles. The van der Waals surface area contributed by atoms with E-state index in [2.05, 4.69) is 22.1 Å². The lowest BCUT2D eigenvalue weighted by atomic mass is 10.4. The third-order valence-electron chi connectivity index (χ3n) is 3.84. The summed E-state index contributed by atoms with van der Waals surface area (Å²) in [4.78, 5) is 66.1. The van der Waals surface area contributed by atoms with Crippen molar-refractivity contribution in [2.75, 3.05) is 24.6 Å². The number of hydrogen-bond acceptors (Lipinski definition) is 12. The molecule has 0 radical (unpaired) electrons. The number of hydrogen-bond donors (Lipinski definition) is 3. The lowest BCUT2D eigenvalue weighted by Gasteiger charge is -2.13. The van der Waals surface area contributed by atoms with Crippen LogP contribution in [-0.2, 0) is 38.2 Å². The first-order valence-electron chi connectivity index (χ1n) is 9.46. The fourth-order valence-electron chi connectivity index (χ4n) is 2.29. The number of rotatable bonds is 10. The Morgan fingerprint density at radius 1 is 1.03 bits per heavy atom. The number of ether oxygens (including phenoxy) is 2. The number of nitrogens with two attached hydrogens (primary N) is 2. The van der Waals surface area contributed by atoms with Crippen LogP contribution in [0.4, 0.5) is 0 Å². The summed E-state index contributed by atoms with van der Waals surface area (Å²) in [5.41, 5.74) is 10.5. The molecule has 14 heteroatoms. The van der Waals surface area contributed by atoms with Gasteiger partial charge < -0.3 is 9.47 Å². The summed E-state index contributed by atoms with van der Waals surface area (Å²) >= 11 is 4.98. The van der Waals surface area contributed by atoms with E-state index in [0.717, 1.165) is 0 Å². The van der Waals surface area contributed by atoms with Crippen molar-refractivity contribution in [3.8, 4) is 0 Å². The second kappa shape index (κ2) is 16.2. The SMILES string of the molecule is CCN1C(=O)C=CC1=O.CCN1C(=O)CC(SCC(N)OC=O)C1=O.NC(CS)OC=O. The van der Waals surface area contributed by atoms with Crippen molar-refractivity contribution in [3.05, 3.63) is 12.2 Å². The fraction of sp³-hybridized carbons (Fsp3) is 0.556. The summed E-state index contributed by atoms with van der Waals surface area (Å²) in [5, 5.41) is -0.395. The van der Waals surface area contributed by atoms with Gasteiger partial charge in [-0.1, -0.05) is 0 Å². The average molecular weight is 493 g/mol. The third-order valence-corrected chi connectivity index (χ3v) is 5.49. The Hall–Kier alpha value is -2.42. The maximum absolute atomic E-state index is 11.7. The molecule has 180 valence electrons. The van der Waals surface area contributed by atoms with Crippen LogP contribution >= 0.6 is 24.4 Å². The molecular weight excluding hydrogens is 464 g/mol. The summed E-state index contributed by atoms with van der Waals surface area (Å²) in [7, 11) is 0. The van der Waals surface area contributed by atoms with Crippen LogP contribution in [0.2, 0.25) is 0 Å². The fourth-order valence-corrected chi connectivity index (χ4v) is 3.41. The lowest BCUT2D eigenvalue weighted by Crippen LogP contribution is -2.32. The van der Waals surface area contributed by atoms with Crippen LogP contribution in [0.1, 0.15) is 20.3 Å². The monoisotopic (exact) mass is 492 g/mol. The number of amides is 4. The van der Waals surface area contributed by atoms with E-state index >= 15 is 0 Å². The van der Waals surface area contributed by atoms with Gasteiger partial charge in [-0.15, -0.1) is 11.8 Å². The highest BCUT2D eigenvalue weighted by atomic mass is 32.2. The molecule has 0 saturated carbocycles. The number of nitrogens with zero attached hydrogens (tertiary/aromatic N) is 2. The molecule has 0 spiro atoms. The van der Waals surface area contributed by atoms with Gasteiger partial charge >= 0.3 is 0 Å². The Balaban J connectivity index is 0.000000506. The normalized spacial score (nSPS) is 19.0. The van der Waals surface area contributed by atoms with E-state index < -0.39 is 17.7 Å². The molecule has 3 atom stereocenters. The third kappa shape index (κ3) is 10.3. The summed E-state index contributed by atoms with van der Waals surface area (Å²) in [6.45, 7) is 4.95. The van der Waals surface area contributed by atoms with Gasteiger partial charge in [0.2, 0.25) is 11.8 Å². The minimum atomic E-state index is -0.735. The second-order valence-corrected chi connectivity index (χ2v) is 7.58. The van der Waals surface area contributed by atoms with Crippen molar-refractivity contribution >= 4 is 61.0 Å². The number of imide groups is 2. The maximum atomic E-state index is 11.7. The number of thioether (sulfide) groups is 1. The molecule has 4 N–H and O–H groups in total. The molecule has 2 rings (SSSR count). The first kappa shape index (κ1) is 29.6. The van der Waals surface area contributed by atoms with Crippen molar-refractivity contribution in [2.45, 2.75) is 38.0 Å². The van der Waals surface area contributed by atoms with Gasteiger partial charge in [0.25, 0.3) is 24.8 Å². The maximum Gasteiger partial charge on any atom is 0.294 e. The Kier molecular flexibility index (Phi) is 15.0. The van der Waals surface area contributed by atoms with Crippen molar-refractivity contribution in [3.63, 3.8) is 0 Å². The van der Waals surface area contributed by atoms with E-state index in [0.29, 0.717) is 31.1 Å². The first-order valence-corrected chi connectivity index (χ1v) is 11.1. The van der Waals surface area contributed by atoms with Crippen LogP contribution in [0, 0.1) is 0 Å². The average Bonchev–Trinajstić information content (AvgIpc) is 3.24. The first-order chi connectivity index (χ1) is 15.2. The molecule has 0 aromatic carbocycles. The van der Waals surface area contributed by atoms with Gasteiger partial charge in [0.1, 0.15) is 0 Å². The zero-order valence-electron chi connectivity index (χ0n) is 17.7. The molecule has 0 aliphatic carbocycles. The standard InChI is InChI=1S/C9H14N2O4S.C6H7NO2.C3H7NO2S/c1-2-11-8(13)3-6(9(11)14)16-4-7(10)15-5-12;1-2-7-5(8)3-4-6(7)9;4-3(1-7)6-2-5/h5-7H,2-4,10H2,1H3;3-4H,2H2,1H3;2-3,7H,1,4H2. The Labute approximate surface area is 195 Å². The van der Waals surface area contributed by atoms with Gasteiger partial charge in [-0.3, -0.25) is 50.0 Å². The predicted octanol–water partition coefficient (Wildman–Crippen LogP) is -1.37. The van der Waals surface area contributed by atoms with Crippen molar-refractivity contribution in [1.82, 2.24) is 9.80 Å². The Bertz CT molecular complexity index is 688. The van der Waals surface area contributed by atoms with E-state index in [1.54, 1.807) is 13.8 Å². The van der Waals surface area contributed by atoms with Crippen LogP contribution in [0.3, 0.4) is 0 Å². The van der Waals surface area contributed by atoms with E-state index in [1.165, 1.54) is 33.7 Å². The highest BCUT2D eigenvalue weighted by molar-refractivity contribution is 8.00. The molecule has 32 heavy (non-hydrogen) atoms. The summed E-state index contributed by atoms with van der Waals surface area (Å²) in [6, 6.07) is 0. The zero-order chi connectivity index (χ0) is 24.7. The van der Waals surface area contributed by atoms with Crippen molar-refractivity contribution < 1.29 is 38.2 Å². The number of carbonyl (C=O) groups is 6. The molecule has 2 heterocycles. The van der Waals surface area contributed by atoms with Gasteiger partial charge in [-0.05, 0) is 13.8 Å². The van der Waals surface area contributed by atoms with Crippen LogP contribution < -0.4 is 11.5 Å². The van der Waals surface area contributed by atoms with Gasteiger partial charge in [0, 0.05) is 43.2 Å². The number of carbonyl (C=O) groups excluding carboxylic acids is 6. The topological polar surface area (TPSA) is 179 Å². The lowest BCUT2D eigenvalue weighted by molar-refractivity contribution is -0.139. The molecule has 0 aromatic rings. The van der Waals surface area contributed by atoms with Crippen molar-refractivity contribution in [2.24, 2.45) is 11.5 Å². The predicted molar refractivity (Wildman–Crippen MR) is 119 cm³/mol. The minimum Gasteiger partial charge on any atom is -0.448 e. The van der Waals surface area contributed by atoms with E-state index in [-0.39, 0.29) is 36.5 Å². The Morgan fingerprint density at radius 3 is 1.88 bits per heavy atom. The molecule has 1 saturated heterocycles. The molecule has 0 bridgehead atoms. The van der Waals surface area contributed by atoms with Gasteiger partial charge in [0.15, 0.2) is 12.5 Å². The quantitative estimate of drug-likeness (QED) is 0.142. The van der Waals surface area contributed by atoms with Crippen molar-refractivity contribution in [1.29, 1.82) is 0 Å². The van der Waals surface area contributed by atoms with Crippen LogP contribution in [0.15, 0.2) is 12.2 Å². The molecular formula is C18H28N4O8S2. The summed E-state index contributed by atoms with van der Waals surface area (Å²) in [6.07, 6.45) is 1.48. The molecule has 4 amide bonds. The molecule has 12 nitrogen and oxygen atoms in total. The van der Waals surface area contributed by atoms with E-state index in [4.69, 9.17) is 11.5 Å². The van der Waals surface area contributed by atoms with E-state index in [1.807, 2.05) is 0 Å². The minimum absolute atomic E-state index is 0.158. The highest BCUT2D eigenvalue weighted by Crippen LogP contribution is 2.25. The number of thiol groups is 1. The largest absolute Gasteiger partial charge is 0.448 e.